The van der Waals surface area contributed by atoms with Crippen molar-refractivity contribution in [3.8, 4) is 0 Å². The van der Waals surface area contributed by atoms with E-state index in [1.807, 2.05) is 24.3 Å². The summed E-state index contributed by atoms with van der Waals surface area (Å²) in [4.78, 5) is 44.4. The molecule has 0 unspecified atom stereocenters. The van der Waals surface area contributed by atoms with Crippen LogP contribution in [0.25, 0.3) is 0 Å². The summed E-state index contributed by atoms with van der Waals surface area (Å²) in [5.74, 6) is -1.15. The van der Waals surface area contributed by atoms with Crippen LogP contribution in [0.1, 0.15) is 6.92 Å². The molecule has 9 heteroatoms. The molecule has 31 heavy (non-hydrogen) atoms. The smallest absolute Gasteiger partial charge is 0.332 e. The van der Waals surface area contributed by atoms with Crippen LogP contribution < -0.4 is 9.80 Å². The van der Waals surface area contributed by atoms with Crippen molar-refractivity contribution < 1.29 is 18.8 Å². The Morgan fingerprint density at radius 3 is 2.35 bits per heavy atom. The SMILES string of the molecule is C[C@H]1C(=O)N(CC(=O)N2CCN(c3cccc(Cl)c3)CC2)C(=O)N1c1ccc(F)cc1. The van der Waals surface area contributed by atoms with Crippen molar-refractivity contribution in [1.29, 1.82) is 0 Å². The highest BCUT2D eigenvalue weighted by Crippen LogP contribution is 2.26. The number of carbonyl (C=O) groups is 3. The monoisotopic (exact) mass is 444 g/mol. The van der Waals surface area contributed by atoms with Gasteiger partial charge >= 0.3 is 6.03 Å². The van der Waals surface area contributed by atoms with Gasteiger partial charge in [-0.2, -0.15) is 0 Å². The summed E-state index contributed by atoms with van der Waals surface area (Å²) < 4.78 is 13.2. The zero-order valence-electron chi connectivity index (χ0n) is 17.0. The molecule has 2 heterocycles. The maximum Gasteiger partial charge on any atom is 0.332 e. The van der Waals surface area contributed by atoms with Crippen molar-refractivity contribution in [3.05, 3.63) is 59.4 Å². The first-order valence-electron chi connectivity index (χ1n) is 10.0. The number of anilines is 2. The number of amides is 4. The summed E-state index contributed by atoms with van der Waals surface area (Å²) in [7, 11) is 0. The largest absolute Gasteiger partial charge is 0.368 e. The molecule has 0 aromatic heterocycles. The van der Waals surface area contributed by atoms with Gasteiger partial charge in [-0.05, 0) is 49.4 Å². The van der Waals surface area contributed by atoms with Gasteiger partial charge < -0.3 is 9.80 Å². The molecule has 162 valence electrons. The van der Waals surface area contributed by atoms with Crippen LogP contribution in [0, 0.1) is 5.82 Å². The van der Waals surface area contributed by atoms with E-state index in [0.717, 1.165) is 10.6 Å². The fourth-order valence-corrected chi connectivity index (χ4v) is 4.11. The number of halogens is 2. The average Bonchev–Trinajstić information content (AvgIpc) is 2.98. The van der Waals surface area contributed by atoms with Gasteiger partial charge in [0.25, 0.3) is 5.91 Å². The van der Waals surface area contributed by atoms with Crippen LogP contribution in [0.3, 0.4) is 0 Å². The Labute approximate surface area is 184 Å². The Morgan fingerprint density at radius 1 is 1.03 bits per heavy atom. The summed E-state index contributed by atoms with van der Waals surface area (Å²) in [6, 6.07) is 11.6. The first kappa shape index (κ1) is 21.1. The molecule has 4 amide bonds. The average molecular weight is 445 g/mol. The number of urea groups is 1. The maximum absolute atomic E-state index is 13.2. The number of carbonyl (C=O) groups excluding carboxylic acids is 3. The van der Waals surface area contributed by atoms with Crippen molar-refractivity contribution >= 4 is 40.8 Å². The molecule has 1 atom stereocenters. The predicted molar refractivity (Wildman–Crippen MR) is 116 cm³/mol. The minimum atomic E-state index is -0.759. The van der Waals surface area contributed by atoms with Gasteiger partial charge in [0.1, 0.15) is 18.4 Å². The standard InChI is InChI=1S/C22H22ClFN4O3/c1-15-21(30)27(22(31)28(15)18-7-5-17(24)6-8-18)14-20(29)26-11-9-25(10-12-26)19-4-2-3-16(23)13-19/h2-8,13,15H,9-12,14H2,1H3/t15-/m0/s1. The van der Waals surface area contributed by atoms with Crippen LogP contribution in [-0.2, 0) is 9.59 Å². The van der Waals surface area contributed by atoms with E-state index in [1.54, 1.807) is 11.8 Å². The van der Waals surface area contributed by atoms with Crippen molar-refractivity contribution in [2.75, 3.05) is 42.5 Å². The zero-order valence-corrected chi connectivity index (χ0v) is 17.8. The van der Waals surface area contributed by atoms with Crippen molar-refractivity contribution in [1.82, 2.24) is 9.80 Å². The number of rotatable bonds is 4. The highest BCUT2D eigenvalue weighted by molar-refractivity contribution is 6.30. The zero-order chi connectivity index (χ0) is 22.1. The molecule has 2 aromatic rings. The molecule has 4 rings (SSSR count). The molecule has 2 aliphatic heterocycles. The van der Waals surface area contributed by atoms with Gasteiger partial charge in [0.15, 0.2) is 0 Å². The Kier molecular flexibility index (Phi) is 5.82. The summed E-state index contributed by atoms with van der Waals surface area (Å²) in [5, 5.41) is 0.655. The second-order valence-electron chi connectivity index (χ2n) is 7.58. The van der Waals surface area contributed by atoms with Crippen LogP contribution in [0.2, 0.25) is 5.02 Å². The first-order chi connectivity index (χ1) is 14.8. The second kappa shape index (κ2) is 8.55. The third-order valence-corrected chi connectivity index (χ3v) is 5.89. The van der Waals surface area contributed by atoms with E-state index in [-0.39, 0.29) is 12.5 Å². The third-order valence-electron chi connectivity index (χ3n) is 5.65. The Bertz CT molecular complexity index is 1010. The normalized spacial score (nSPS) is 19.4. The predicted octanol–water partition coefficient (Wildman–Crippen LogP) is 2.99. The van der Waals surface area contributed by atoms with Gasteiger partial charge in [-0.1, -0.05) is 17.7 Å². The molecular formula is C22H22ClFN4O3. The Balaban J connectivity index is 1.39. The summed E-state index contributed by atoms with van der Waals surface area (Å²) >= 11 is 6.06. The Morgan fingerprint density at radius 2 is 1.71 bits per heavy atom. The number of hydrogen-bond donors (Lipinski definition) is 0. The second-order valence-corrected chi connectivity index (χ2v) is 8.01. The summed E-state index contributed by atoms with van der Waals surface area (Å²) in [5.41, 5.74) is 1.41. The highest BCUT2D eigenvalue weighted by atomic mass is 35.5. The molecule has 7 nitrogen and oxygen atoms in total. The number of nitrogens with zero attached hydrogens (tertiary/aromatic N) is 4. The van der Waals surface area contributed by atoms with E-state index in [0.29, 0.717) is 36.9 Å². The lowest BCUT2D eigenvalue weighted by atomic mass is 10.2. The van der Waals surface area contributed by atoms with Crippen LogP contribution in [0.15, 0.2) is 48.5 Å². The molecule has 0 aliphatic carbocycles. The number of piperazine rings is 1. The van der Waals surface area contributed by atoms with Gasteiger partial charge in [0.2, 0.25) is 5.91 Å². The number of imide groups is 1. The minimum Gasteiger partial charge on any atom is -0.368 e. The summed E-state index contributed by atoms with van der Waals surface area (Å²) in [6.45, 7) is 3.52. The van der Waals surface area contributed by atoms with E-state index in [1.165, 1.54) is 29.2 Å². The molecule has 0 radical (unpaired) electrons. The Hall–Kier alpha value is -3.13. The van der Waals surface area contributed by atoms with Crippen LogP contribution in [-0.4, -0.2) is 66.4 Å². The van der Waals surface area contributed by atoms with E-state index in [4.69, 9.17) is 11.6 Å². The van der Waals surface area contributed by atoms with Crippen LogP contribution in [0.4, 0.5) is 20.6 Å². The number of benzene rings is 2. The van der Waals surface area contributed by atoms with Gasteiger partial charge in [0, 0.05) is 42.6 Å². The lowest BCUT2D eigenvalue weighted by Gasteiger charge is -2.36. The molecule has 2 aromatic carbocycles. The van der Waals surface area contributed by atoms with E-state index < -0.39 is 23.8 Å². The van der Waals surface area contributed by atoms with E-state index in [2.05, 4.69) is 4.90 Å². The van der Waals surface area contributed by atoms with Gasteiger partial charge in [-0.3, -0.25) is 19.4 Å². The number of hydrogen-bond acceptors (Lipinski definition) is 4. The first-order valence-corrected chi connectivity index (χ1v) is 10.4. The van der Waals surface area contributed by atoms with Crippen LogP contribution >= 0.6 is 11.6 Å². The lowest BCUT2D eigenvalue weighted by molar-refractivity contribution is -0.137. The molecule has 0 N–H and O–H groups in total. The molecule has 0 saturated carbocycles. The molecule has 2 aliphatic rings. The molecular weight excluding hydrogens is 423 g/mol. The van der Waals surface area contributed by atoms with Crippen molar-refractivity contribution in [3.63, 3.8) is 0 Å². The molecule has 2 fully saturated rings. The van der Waals surface area contributed by atoms with Crippen molar-refractivity contribution in [2.45, 2.75) is 13.0 Å². The van der Waals surface area contributed by atoms with E-state index >= 15 is 0 Å². The third kappa shape index (κ3) is 4.20. The van der Waals surface area contributed by atoms with Gasteiger partial charge in [0.05, 0.1) is 0 Å². The van der Waals surface area contributed by atoms with Crippen molar-refractivity contribution in [2.24, 2.45) is 0 Å². The molecule has 0 bridgehead atoms. The maximum atomic E-state index is 13.2. The fourth-order valence-electron chi connectivity index (χ4n) is 3.93. The topological polar surface area (TPSA) is 64.2 Å². The van der Waals surface area contributed by atoms with Gasteiger partial charge in [-0.15, -0.1) is 0 Å². The van der Waals surface area contributed by atoms with Crippen LogP contribution in [0.5, 0.6) is 0 Å². The highest BCUT2D eigenvalue weighted by Gasteiger charge is 2.44. The molecule has 0 spiro atoms. The fraction of sp³-hybridized carbons (Fsp3) is 0.318. The lowest BCUT2D eigenvalue weighted by Crippen LogP contribution is -2.52. The minimum absolute atomic E-state index is 0.277. The quantitative estimate of drug-likeness (QED) is 0.680. The summed E-state index contributed by atoms with van der Waals surface area (Å²) in [6.07, 6.45) is 0. The van der Waals surface area contributed by atoms with Gasteiger partial charge in [-0.25, -0.2) is 9.18 Å². The molecule has 2 saturated heterocycles. The van der Waals surface area contributed by atoms with E-state index in [9.17, 15) is 18.8 Å².